The van der Waals surface area contributed by atoms with Crippen molar-refractivity contribution in [2.24, 2.45) is 4.99 Å². The SMILES string of the molecule is CCOC(=O)C1=C(C)N=c2s/c(=C\C3=Cc4ccccc4OC3C)c(=O)n2C1c1ccc(C(C)C)cc1. The van der Waals surface area contributed by atoms with Crippen LogP contribution in [0, 0.1) is 0 Å². The number of rotatable bonds is 5. The van der Waals surface area contributed by atoms with E-state index in [0.717, 1.165) is 22.4 Å². The molecule has 0 spiro atoms. The molecular weight excluding hydrogens is 484 g/mol. The van der Waals surface area contributed by atoms with Crippen molar-refractivity contribution < 1.29 is 14.3 Å². The Kier molecular flexibility index (Phi) is 6.73. The molecule has 2 atom stereocenters. The van der Waals surface area contributed by atoms with Crippen molar-refractivity contribution in [1.82, 2.24) is 4.57 Å². The van der Waals surface area contributed by atoms with Gasteiger partial charge >= 0.3 is 5.97 Å². The summed E-state index contributed by atoms with van der Waals surface area (Å²) in [4.78, 5) is 32.2. The highest BCUT2D eigenvalue weighted by Crippen LogP contribution is 2.32. The summed E-state index contributed by atoms with van der Waals surface area (Å²) in [6, 6.07) is 15.3. The summed E-state index contributed by atoms with van der Waals surface area (Å²) in [6.45, 7) is 10.1. The fourth-order valence-electron chi connectivity index (χ4n) is 4.74. The number of para-hydroxylation sites is 1. The van der Waals surface area contributed by atoms with Gasteiger partial charge in [-0.15, -0.1) is 0 Å². The molecule has 2 unspecified atom stereocenters. The molecule has 0 fully saturated rings. The van der Waals surface area contributed by atoms with Crippen molar-refractivity contribution in [2.75, 3.05) is 6.61 Å². The minimum absolute atomic E-state index is 0.192. The van der Waals surface area contributed by atoms with E-state index in [9.17, 15) is 9.59 Å². The first-order valence-electron chi connectivity index (χ1n) is 12.5. The predicted molar refractivity (Wildman–Crippen MR) is 146 cm³/mol. The van der Waals surface area contributed by atoms with E-state index in [4.69, 9.17) is 9.47 Å². The van der Waals surface area contributed by atoms with Gasteiger partial charge in [0.1, 0.15) is 11.9 Å². The molecule has 5 rings (SSSR count). The molecule has 0 saturated carbocycles. The second-order valence-corrected chi connectivity index (χ2v) is 10.6. The monoisotopic (exact) mass is 514 g/mol. The molecule has 0 N–H and O–H groups in total. The zero-order valence-electron chi connectivity index (χ0n) is 21.6. The lowest BCUT2D eigenvalue weighted by atomic mass is 9.93. The predicted octanol–water partition coefficient (Wildman–Crippen LogP) is 4.74. The van der Waals surface area contributed by atoms with Gasteiger partial charge in [0, 0.05) is 5.56 Å². The lowest BCUT2D eigenvalue weighted by molar-refractivity contribution is -0.139. The van der Waals surface area contributed by atoms with Gasteiger partial charge in [-0.2, -0.15) is 0 Å². The summed E-state index contributed by atoms with van der Waals surface area (Å²) in [6.07, 6.45) is 3.73. The van der Waals surface area contributed by atoms with Crippen molar-refractivity contribution >= 4 is 29.5 Å². The highest BCUT2D eigenvalue weighted by Gasteiger charge is 2.33. The molecule has 1 aromatic heterocycles. The Bertz CT molecular complexity index is 1610. The molecule has 0 bridgehead atoms. The number of aromatic nitrogens is 1. The van der Waals surface area contributed by atoms with E-state index in [2.05, 4.69) is 37.0 Å². The van der Waals surface area contributed by atoms with Crippen LogP contribution in [0.5, 0.6) is 5.75 Å². The van der Waals surface area contributed by atoms with Crippen molar-refractivity contribution in [3.05, 3.63) is 102 Å². The molecule has 2 aromatic carbocycles. The van der Waals surface area contributed by atoms with Crippen molar-refractivity contribution in [2.45, 2.75) is 52.7 Å². The molecule has 190 valence electrons. The summed E-state index contributed by atoms with van der Waals surface area (Å²) in [5, 5.41) is 0. The maximum atomic E-state index is 13.9. The lowest BCUT2D eigenvalue weighted by Crippen LogP contribution is -2.40. The highest BCUT2D eigenvalue weighted by molar-refractivity contribution is 7.07. The highest BCUT2D eigenvalue weighted by atomic mass is 32.1. The van der Waals surface area contributed by atoms with Crippen molar-refractivity contribution in [1.29, 1.82) is 0 Å². The quantitative estimate of drug-likeness (QED) is 0.462. The standard InChI is InChI=1S/C30H30N2O4S/c1-6-35-29(34)26-18(4)31-30-32(27(26)21-13-11-20(12-14-21)17(2)3)28(33)25(37-30)16-23-15-22-9-7-8-10-24(22)36-19(23)5/h7-17,19,27H,6H2,1-5H3/b25-16-. The molecule has 6 nitrogen and oxygen atoms in total. The molecule has 37 heavy (non-hydrogen) atoms. The Hall–Kier alpha value is -3.71. The number of nitrogens with zero attached hydrogens (tertiary/aromatic N) is 2. The number of esters is 1. The van der Waals surface area contributed by atoms with Gasteiger partial charge in [0.15, 0.2) is 4.80 Å². The number of carbonyl (C=O) groups excluding carboxylic acids is 1. The Morgan fingerprint density at radius 2 is 1.92 bits per heavy atom. The van der Waals surface area contributed by atoms with Gasteiger partial charge in [-0.3, -0.25) is 9.36 Å². The molecule has 7 heteroatoms. The second-order valence-electron chi connectivity index (χ2n) is 9.57. The zero-order chi connectivity index (χ0) is 26.3. The summed E-state index contributed by atoms with van der Waals surface area (Å²) < 4.78 is 13.6. The first-order chi connectivity index (χ1) is 17.8. The van der Waals surface area contributed by atoms with Gasteiger partial charge in [-0.05, 0) is 61.6 Å². The lowest BCUT2D eigenvalue weighted by Gasteiger charge is -2.25. The third-order valence-electron chi connectivity index (χ3n) is 6.75. The number of ether oxygens (including phenoxy) is 2. The van der Waals surface area contributed by atoms with E-state index >= 15 is 0 Å². The maximum Gasteiger partial charge on any atom is 0.338 e. The Labute approximate surface area is 219 Å². The summed E-state index contributed by atoms with van der Waals surface area (Å²) in [5.74, 6) is 0.744. The van der Waals surface area contributed by atoms with E-state index in [-0.39, 0.29) is 18.3 Å². The molecule has 0 radical (unpaired) electrons. The minimum Gasteiger partial charge on any atom is -0.485 e. The van der Waals surface area contributed by atoms with Crippen molar-refractivity contribution in [3.63, 3.8) is 0 Å². The molecule has 0 amide bonds. The van der Waals surface area contributed by atoms with Crippen LogP contribution in [-0.2, 0) is 9.53 Å². The zero-order valence-corrected chi connectivity index (χ0v) is 22.5. The molecule has 3 heterocycles. The number of allylic oxidation sites excluding steroid dienone is 1. The van der Waals surface area contributed by atoms with Gasteiger partial charge in [-0.25, -0.2) is 9.79 Å². The number of hydrogen-bond donors (Lipinski definition) is 0. The first kappa shape index (κ1) is 25.0. The fourth-order valence-corrected chi connectivity index (χ4v) is 5.79. The van der Waals surface area contributed by atoms with Crippen LogP contribution >= 0.6 is 11.3 Å². The Balaban J connectivity index is 1.68. The summed E-state index contributed by atoms with van der Waals surface area (Å²) in [7, 11) is 0. The third-order valence-corrected chi connectivity index (χ3v) is 7.73. The van der Waals surface area contributed by atoms with Crippen LogP contribution in [0.1, 0.15) is 63.3 Å². The second kappa shape index (κ2) is 9.98. The maximum absolute atomic E-state index is 13.9. The van der Waals surface area contributed by atoms with Crippen LogP contribution in [-0.4, -0.2) is 23.2 Å². The van der Waals surface area contributed by atoms with Gasteiger partial charge in [0.05, 0.1) is 28.5 Å². The minimum atomic E-state index is -0.617. The Morgan fingerprint density at radius 3 is 2.62 bits per heavy atom. The third kappa shape index (κ3) is 4.60. The van der Waals surface area contributed by atoms with Gasteiger partial charge < -0.3 is 9.47 Å². The number of hydrogen-bond acceptors (Lipinski definition) is 6. The van der Waals surface area contributed by atoms with Gasteiger partial charge in [0.25, 0.3) is 5.56 Å². The number of fused-ring (bicyclic) bond motifs is 2. The van der Waals surface area contributed by atoms with Crippen LogP contribution in [0.15, 0.2) is 75.2 Å². The number of benzene rings is 2. The van der Waals surface area contributed by atoms with Crippen LogP contribution < -0.4 is 19.6 Å². The fraction of sp³-hybridized carbons (Fsp3) is 0.300. The molecular formula is C30H30N2O4S. The summed E-state index contributed by atoms with van der Waals surface area (Å²) >= 11 is 1.32. The molecule has 2 aliphatic rings. The molecule has 2 aliphatic heterocycles. The van der Waals surface area contributed by atoms with E-state index in [1.54, 1.807) is 18.4 Å². The van der Waals surface area contributed by atoms with Gasteiger partial charge in [0.2, 0.25) is 0 Å². The van der Waals surface area contributed by atoms with Crippen LogP contribution in [0.2, 0.25) is 0 Å². The van der Waals surface area contributed by atoms with E-state index < -0.39 is 12.0 Å². The number of carbonyl (C=O) groups is 1. The molecule has 3 aromatic rings. The van der Waals surface area contributed by atoms with E-state index in [1.165, 1.54) is 16.9 Å². The van der Waals surface area contributed by atoms with Crippen LogP contribution in [0.3, 0.4) is 0 Å². The average molecular weight is 515 g/mol. The van der Waals surface area contributed by atoms with E-state index in [0.29, 0.717) is 26.5 Å². The van der Waals surface area contributed by atoms with Crippen LogP contribution in [0.25, 0.3) is 12.2 Å². The van der Waals surface area contributed by atoms with E-state index in [1.807, 2.05) is 49.4 Å². The molecule has 0 aliphatic carbocycles. The molecule has 0 saturated heterocycles. The van der Waals surface area contributed by atoms with Gasteiger partial charge in [-0.1, -0.05) is 67.6 Å². The average Bonchev–Trinajstić information content (AvgIpc) is 3.18. The Morgan fingerprint density at radius 1 is 1.19 bits per heavy atom. The number of thiazole rings is 1. The van der Waals surface area contributed by atoms with Crippen molar-refractivity contribution in [3.8, 4) is 5.75 Å². The topological polar surface area (TPSA) is 69.9 Å². The first-order valence-corrected chi connectivity index (χ1v) is 13.4. The smallest absolute Gasteiger partial charge is 0.338 e. The van der Waals surface area contributed by atoms with Crippen LogP contribution in [0.4, 0.5) is 0 Å². The normalized spacial score (nSPS) is 19.1. The summed E-state index contributed by atoms with van der Waals surface area (Å²) in [5.41, 5.74) is 4.67. The largest absolute Gasteiger partial charge is 0.485 e.